The van der Waals surface area contributed by atoms with Crippen LogP contribution in [0.25, 0.3) is 33.2 Å². The van der Waals surface area contributed by atoms with Gasteiger partial charge in [-0.25, -0.2) is 4.39 Å². The molecule has 0 aliphatic carbocycles. The number of benzene rings is 3. The van der Waals surface area contributed by atoms with Gasteiger partial charge in [-0.3, -0.25) is 9.88 Å². The van der Waals surface area contributed by atoms with E-state index in [-0.39, 0.29) is 22.7 Å². The second kappa shape index (κ2) is 9.49. The minimum Gasteiger partial charge on any atom is -0.506 e. The number of pyridine rings is 1. The van der Waals surface area contributed by atoms with E-state index in [2.05, 4.69) is 36.6 Å². The van der Waals surface area contributed by atoms with Gasteiger partial charge in [0.1, 0.15) is 17.6 Å². The van der Waals surface area contributed by atoms with Gasteiger partial charge in [0.05, 0.1) is 16.8 Å². The molecule has 0 bridgehead atoms. The first kappa shape index (κ1) is 24.7. The van der Waals surface area contributed by atoms with Crippen LogP contribution in [-0.4, -0.2) is 46.7 Å². The molecule has 1 N–H and O–H groups in total. The lowest BCUT2D eigenvalue weighted by Gasteiger charge is -2.43. The fourth-order valence-electron chi connectivity index (χ4n) is 5.26. The molecule has 2 heterocycles. The summed E-state index contributed by atoms with van der Waals surface area (Å²) in [5.41, 5.74) is 6.08. The number of para-hydroxylation sites is 1. The molecule has 0 saturated carbocycles. The van der Waals surface area contributed by atoms with Gasteiger partial charge >= 0.3 is 0 Å². The van der Waals surface area contributed by atoms with Crippen LogP contribution in [0.2, 0.25) is 0 Å². The van der Waals surface area contributed by atoms with Gasteiger partial charge in [0.2, 0.25) is 0 Å². The summed E-state index contributed by atoms with van der Waals surface area (Å²) in [7, 11) is 0. The molecule has 5 rings (SSSR count). The normalized spacial score (nSPS) is 14.6. The third kappa shape index (κ3) is 4.75. The smallest absolute Gasteiger partial charge is 0.141 e. The quantitative estimate of drug-likeness (QED) is 0.352. The number of halogens is 1. The largest absolute Gasteiger partial charge is 0.506 e. The van der Waals surface area contributed by atoms with E-state index in [4.69, 9.17) is 4.98 Å². The van der Waals surface area contributed by atoms with Crippen molar-refractivity contribution < 1.29 is 9.50 Å². The maximum atomic E-state index is 14.5. The van der Waals surface area contributed by atoms with Crippen molar-refractivity contribution in [2.24, 2.45) is 0 Å². The molecule has 1 saturated heterocycles. The number of rotatable bonds is 3. The number of phenolic OH excluding ortho intramolecular Hbond substituents is 1. The highest BCUT2D eigenvalue weighted by Gasteiger charge is 2.28. The fourth-order valence-corrected chi connectivity index (χ4v) is 5.26. The summed E-state index contributed by atoms with van der Waals surface area (Å²) < 4.78 is 14.5. The number of anilines is 1. The molecule has 6 heteroatoms. The van der Waals surface area contributed by atoms with Gasteiger partial charge in [-0.05, 0) is 74.7 Å². The molecule has 1 aliphatic rings. The standard InChI is InChI=1S/C31H31FN4O/c1-20-14-23(16-24(32)15-20)27-19-34-28-9-8-21(25-7-5-6-22(18-33)30(25)37)17-26(28)29(27)35-10-12-36(13-11-35)31(2,3)4/h5-9,14-17,19,37H,10-13H2,1-4H3. The average molecular weight is 495 g/mol. The second-order valence-electron chi connectivity index (χ2n) is 10.7. The Hall–Kier alpha value is -3.95. The van der Waals surface area contributed by atoms with Crippen molar-refractivity contribution in [1.82, 2.24) is 9.88 Å². The van der Waals surface area contributed by atoms with E-state index in [0.717, 1.165) is 65.0 Å². The number of nitriles is 1. The van der Waals surface area contributed by atoms with Crippen molar-refractivity contribution in [1.29, 1.82) is 5.26 Å². The van der Waals surface area contributed by atoms with Gasteiger partial charge in [0.25, 0.3) is 0 Å². The lowest BCUT2D eigenvalue weighted by atomic mass is 9.95. The molecule has 0 atom stereocenters. The summed E-state index contributed by atoms with van der Waals surface area (Å²) in [6.45, 7) is 12.1. The summed E-state index contributed by atoms with van der Waals surface area (Å²) in [5, 5.41) is 21.1. The van der Waals surface area contributed by atoms with Crippen molar-refractivity contribution in [3.05, 3.63) is 77.7 Å². The molecule has 1 aromatic heterocycles. The molecular weight excluding hydrogens is 463 g/mol. The SMILES string of the molecule is Cc1cc(F)cc(-c2cnc3ccc(-c4cccc(C#N)c4O)cc3c2N2CCN(C(C)(C)C)CC2)c1. The predicted molar refractivity (Wildman–Crippen MR) is 147 cm³/mol. The van der Waals surface area contributed by atoms with E-state index in [1.165, 1.54) is 6.07 Å². The number of fused-ring (bicyclic) bond motifs is 1. The summed E-state index contributed by atoms with van der Waals surface area (Å²) in [5.74, 6) is -0.305. The Bertz CT molecular complexity index is 1500. The topological polar surface area (TPSA) is 63.4 Å². The van der Waals surface area contributed by atoms with Crippen molar-refractivity contribution in [2.45, 2.75) is 33.2 Å². The number of hydrogen-bond donors (Lipinski definition) is 1. The van der Waals surface area contributed by atoms with E-state index >= 15 is 0 Å². The minimum absolute atomic E-state index is 0.0328. The molecule has 0 unspecified atom stereocenters. The first-order valence-corrected chi connectivity index (χ1v) is 12.6. The zero-order valence-electron chi connectivity index (χ0n) is 21.7. The van der Waals surface area contributed by atoms with E-state index in [1.54, 1.807) is 18.2 Å². The average Bonchev–Trinajstić information content (AvgIpc) is 2.87. The van der Waals surface area contributed by atoms with Crippen LogP contribution in [0.15, 0.2) is 60.8 Å². The molecule has 0 radical (unpaired) electrons. The Labute approximate surface area is 217 Å². The number of aromatic hydroxyl groups is 1. The monoisotopic (exact) mass is 494 g/mol. The highest BCUT2D eigenvalue weighted by molar-refractivity contribution is 6.02. The summed E-state index contributed by atoms with van der Waals surface area (Å²) >= 11 is 0. The number of hydrogen-bond acceptors (Lipinski definition) is 5. The maximum absolute atomic E-state index is 14.5. The lowest BCUT2D eigenvalue weighted by Crippen LogP contribution is -2.53. The Kier molecular flexibility index (Phi) is 6.35. The second-order valence-corrected chi connectivity index (χ2v) is 10.7. The van der Waals surface area contributed by atoms with Crippen LogP contribution < -0.4 is 4.90 Å². The van der Waals surface area contributed by atoms with Crippen molar-refractivity contribution in [2.75, 3.05) is 31.1 Å². The summed E-state index contributed by atoms with van der Waals surface area (Å²) in [6.07, 6.45) is 1.84. The molecule has 0 amide bonds. The van der Waals surface area contributed by atoms with E-state index < -0.39 is 0 Å². The van der Waals surface area contributed by atoms with Crippen LogP contribution in [0.3, 0.4) is 0 Å². The summed E-state index contributed by atoms with van der Waals surface area (Å²) in [6, 6.07) is 18.2. The van der Waals surface area contributed by atoms with Crippen molar-refractivity contribution in [3.8, 4) is 34.1 Å². The molecule has 0 spiro atoms. The van der Waals surface area contributed by atoms with Gasteiger partial charge < -0.3 is 10.0 Å². The highest BCUT2D eigenvalue weighted by Crippen LogP contribution is 2.41. The van der Waals surface area contributed by atoms with Gasteiger partial charge in [-0.2, -0.15) is 5.26 Å². The Morgan fingerprint density at radius 2 is 1.70 bits per heavy atom. The number of phenols is 1. The molecule has 4 aromatic rings. The molecule has 188 valence electrons. The minimum atomic E-state index is -0.273. The maximum Gasteiger partial charge on any atom is 0.141 e. The third-order valence-electron chi connectivity index (χ3n) is 7.20. The predicted octanol–water partition coefficient (Wildman–Crippen LogP) is 6.51. The van der Waals surface area contributed by atoms with Crippen LogP contribution in [-0.2, 0) is 0 Å². The van der Waals surface area contributed by atoms with E-state index in [1.807, 2.05) is 43.5 Å². The molecular formula is C31H31FN4O. The third-order valence-corrected chi connectivity index (χ3v) is 7.20. The Morgan fingerprint density at radius 1 is 0.946 bits per heavy atom. The van der Waals surface area contributed by atoms with Crippen molar-refractivity contribution in [3.63, 3.8) is 0 Å². The Balaban J connectivity index is 1.71. The molecule has 1 fully saturated rings. The number of aryl methyl sites for hydroxylation is 1. The number of piperazine rings is 1. The van der Waals surface area contributed by atoms with Gasteiger partial charge in [-0.15, -0.1) is 0 Å². The molecule has 5 nitrogen and oxygen atoms in total. The fraction of sp³-hybridized carbons (Fsp3) is 0.290. The first-order valence-electron chi connectivity index (χ1n) is 12.6. The highest BCUT2D eigenvalue weighted by atomic mass is 19.1. The van der Waals surface area contributed by atoms with Gasteiger partial charge in [-0.1, -0.05) is 24.3 Å². The van der Waals surface area contributed by atoms with Crippen LogP contribution in [0.4, 0.5) is 10.1 Å². The van der Waals surface area contributed by atoms with Crippen molar-refractivity contribution >= 4 is 16.6 Å². The van der Waals surface area contributed by atoms with Gasteiger partial charge in [0, 0.05) is 54.4 Å². The lowest BCUT2D eigenvalue weighted by molar-refractivity contribution is 0.128. The summed E-state index contributed by atoms with van der Waals surface area (Å²) in [4.78, 5) is 9.60. The van der Waals surface area contributed by atoms with E-state index in [0.29, 0.717) is 5.56 Å². The molecule has 37 heavy (non-hydrogen) atoms. The van der Waals surface area contributed by atoms with Crippen LogP contribution in [0.5, 0.6) is 5.75 Å². The van der Waals surface area contributed by atoms with Crippen LogP contribution in [0, 0.1) is 24.1 Å². The number of aromatic nitrogens is 1. The Morgan fingerprint density at radius 3 is 2.38 bits per heavy atom. The van der Waals surface area contributed by atoms with Crippen LogP contribution in [0.1, 0.15) is 31.9 Å². The first-order chi connectivity index (χ1) is 17.7. The van der Waals surface area contributed by atoms with Gasteiger partial charge in [0.15, 0.2) is 0 Å². The molecule has 1 aliphatic heterocycles. The molecule has 3 aromatic carbocycles. The zero-order valence-corrected chi connectivity index (χ0v) is 21.7. The zero-order chi connectivity index (χ0) is 26.3. The van der Waals surface area contributed by atoms with Crippen LogP contribution >= 0.6 is 0 Å². The van der Waals surface area contributed by atoms with E-state index in [9.17, 15) is 14.8 Å². The number of nitrogens with zero attached hydrogens (tertiary/aromatic N) is 4.